The fraction of sp³-hybridized carbons (Fsp3) is 0.100. The molecule has 0 aliphatic rings. The van der Waals surface area contributed by atoms with E-state index in [4.69, 9.17) is 5.73 Å². The molecule has 8 nitrogen and oxygen atoms in total. The second-order valence-electron chi connectivity index (χ2n) is 3.40. The van der Waals surface area contributed by atoms with Crippen molar-refractivity contribution in [2.45, 2.75) is 6.54 Å². The number of nitrogens with two attached hydrogens (primary N) is 1. The predicted molar refractivity (Wildman–Crippen MR) is 64.4 cm³/mol. The molecule has 0 aliphatic carbocycles. The quantitative estimate of drug-likeness (QED) is 0.552. The zero-order valence-corrected chi connectivity index (χ0v) is 9.39. The zero-order valence-electron chi connectivity index (χ0n) is 9.39. The summed E-state index contributed by atoms with van der Waals surface area (Å²) in [7, 11) is 0. The highest BCUT2D eigenvalue weighted by Crippen LogP contribution is 1.93. The molecular formula is C10H11N7O. The molecule has 1 amide bonds. The summed E-state index contributed by atoms with van der Waals surface area (Å²) in [5.41, 5.74) is 8.66. The second-order valence-corrected chi connectivity index (χ2v) is 3.40. The van der Waals surface area contributed by atoms with Gasteiger partial charge in [0.25, 0.3) is 5.91 Å². The van der Waals surface area contributed by atoms with E-state index in [1.165, 1.54) is 4.68 Å². The minimum Gasteiger partial charge on any atom is -0.367 e. The van der Waals surface area contributed by atoms with Gasteiger partial charge in [0, 0.05) is 0 Å². The van der Waals surface area contributed by atoms with Gasteiger partial charge in [-0.25, -0.2) is 10.1 Å². The molecule has 0 fully saturated rings. The molecule has 0 radical (unpaired) electrons. The van der Waals surface area contributed by atoms with Crippen molar-refractivity contribution in [1.29, 1.82) is 0 Å². The van der Waals surface area contributed by atoms with Crippen molar-refractivity contribution in [3.63, 3.8) is 0 Å². The SMILES string of the molecule is Nc1nnnn1CC(=O)N/N=C/c1ccccc1. The Hall–Kier alpha value is -2.77. The average molecular weight is 245 g/mol. The van der Waals surface area contributed by atoms with Crippen molar-refractivity contribution in [2.75, 3.05) is 5.73 Å². The highest BCUT2D eigenvalue weighted by molar-refractivity contribution is 5.82. The lowest BCUT2D eigenvalue weighted by atomic mass is 10.2. The molecule has 1 aromatic heterocycles. The minimum absolute atomic E-state index is 0.0784. The third-order valence-corrected chi connectivity index (χ3v) is 2.06. The molecule has 0 bridgehead atoms. The molecule has 0 saturated carbocycles. The van der Waals surface area contributed by atoms with Gasteiger partial charge in [-0.1, -0.05) is 35.4 Å². The van der Waals surface area contributed by atoms with Gasteiger partial charge in [0.05, 0.1) is 6.21 Å². The van der Waals surface area contributed by atoms with E-state index in [0.717, 1.165) is 5.56 Å². The van der Waals surface area contributed by atoms with Gasteiger partial charge in [-0.2, -0.15) is 5.10 Å². The Morgan fingerprint density at radius 3 is 2.89 bits per heavy atom. The summed E-state index contributed by atoms with van der Waals surface area (Å²) in [5, 5.41) is 14.1. The van der Waals surface area contributed by atoms with E-state index in [0.29, 0.717) is 0 Å². The number of benzene rings is 1. The first-order valence-electron chi connectivity index (χ1n) is 5.14. The van der Waals surface area contributed by atoms with Gasteiger partial charge in [-0.15, -0.1) is 0 Å². The first-order chi connectivity index (χ1) is 8.75. The molecule has 18 heavy (non-hydrogen) atoms. The van der Waals surface area contributed by atoms with E-state index in [9.17, 15) is 4.79 Å². The molecule has 0 unspecified atom stereocenters. The number of hydrogen-bond donors (Lipinski definition) is 2. The number of tetrazole rings is 1. The summed E-state index contributed by atoms with van der Waals surface area (Å²) in [6.07, 6.45) is 1.54. The Morgan fingerprint density at radius 2 is 2.22 bits per heavy atom. The summed E-state index contributed by atoms with van der Waals surface area (Å²) in [6.45, 7) is -0.0784. The normalized spacial score (nSPS) is 10.7. The van der Waals surface area contributed by atoms with Crippen molar-refractivity contribution in [3.05, 3.63) is 35.9 Å². The van der Waals surface area contributed by atoms with Gasteiger partial charge in [0.15, 0.2) is 0 Å². The Morgan fingerprint density at radius 1 is 1.44 bits per heavy atom. The van der Waals surface area contributed by atoms with E-state index < -0.39 is 0 Å². The third-order valence-electron chi connectivity index (χ3n) is 2.06. The smallest absolute Gasteiger partial charge is 0.261 e. The number of rotatable bonds is 4. The number of hydrazone groups is 1. The number of amides is 1. The first kappa shape index (κ1) is 11.7. The number of hydrogen-bond acceptors (Lipinski definition) is 6. The summed E-state index contributed by atoms with van der Waals surface area (Å²) < 4.78 is 1.17. The molecule has 1 aromatic carbocycles. The molecule has 3 N–H and O–H groups in total. The van der Waals surface area contributed by atoms with E-state index in [1.807, 2.05) is 30.3 Å². The van der Waals surface area contributed by atoms with E-state index >= 15 is 0 Å². The highest BCUT2D eigenvalue weighted by Gasteiger charge is 2.06. The van der Waals surface area contributed by atoms with Crippen LogP contribution in [0.2, 0.25) is 0 Å². The van der Waals surface area contributed by atoms with Gasteiger partial charge >= 0.3 is 0 Å². The minimum atomic E-state index is -0.360. The van der Waals surface area contributed by atoms with E-state index in [1.54, 1.807) is 6.21 Å². The van der Waals surface area contributed by atoms with Crippen LogP contribution in [0.3, 0.4) is 0 Å². The Kier molecular flexibility index (Phi) is 3.59. The maximum atomic E-state index is 11.5. The lowest BCUT2D eigenvalue weighted by Crippen LogP contribution is -2.24. The maximum Gasteiger partial charge on any atom is 0.261 e. The molecule has 2 aromatic rings. The van der Waals surface area contributed by atoms with Crippen LogP contribution in [0.25, 0.3) is 0 Å². The number of nitrogen functional groups attached to an aromatic ring is 1. The molecule has 0 saturated heterocycles. The summed E-state index contributed by atoms with van der Waals surface area (Å²) in [5.74, 6) is -0.279. The summed E-state index contributed by atoms with van der Waals surface area (Å²) >= 11 is 0. The van der Waals surface area contributed by atoms with Gasteiger partial charge in [-0.05, 0) is 16.0 Å². The van der Waals surface area contributed by atoms with Crippen molar-refractivity contribution in [3.8, 4) is 0 Å². The zero-order chi connectivity index (χ0) is 12.8. The third kappa shape index (κ3) is 3.11. The summed E-state index contributed by atoms with van der Waals surface area (Å²) in [6, 6.07) is 9.40. The van der Waals surface area contributed by atoms with Crippen LogP contribution in [0.1, 0.15) is 5.56 Å². The summed E-state index contributed by atoms with van der Waals surface area (Å²) in [4.78, 5) is 11.5. The number of carbonyl (C=O) groups is 1. The fourth-order valence-electron chi connectivity index (χ4n) is 1.21. The number of carbonyl (C=O) groups excluding carboxylic acids is 1. The fourth-order valence-corrected chi connectivity index (χ4v) is 1.21. The van der Waals surface area contributed by atoms with Crippen LogP contribution in [-0.4, -0.2) is 32.3 Å². The molecule has 1 heterocycles. The first-order valence-corrected chi connectivity index (χ1v) is 5.14. The lowest BCUT2D eigenvalue weighted by molar-refractivity contribution is -0.121. The van der Waals surface area contributed by atoms with Crippen LogP contribution >= 0.6 is 0 Å². The van der Waals surface area contributed by atoms with Crippen LogP contribution < -0.4 is 11.2 Å². The van der Waals surface area contributed by atoms with Gasteiger partial charge in [0.1, 0.15) is 6.54 Å². The number of nitrogens with zero attached hydrogens (tertiary/aromatic N) is 5. The highest BCUT2D eigenvalue weighted by atomic mass is 16.2. The van der Waals surface area contributed by atoms with Gasteiger partial charge in [0.2, 0.25) is 5.95 Å². The number of nitrogens with one attached hydrogen (secondary N) is 1. The number of anilines is 1. The predicted octanol–water partition coefficient (Wildman–Crippen LogP) is -0.594. The standard InChI is InChI=1S/C10H11N7O/c11-10-14-15-16-17(10)7-9(18)13-12-6-8-4-2-1-3-5-8/h1-6H,7H2,(H,13,18)(H2,11,14,16)/b12-6+. The molecule has 8 heteroatoms. The van der Waals surface area contributed by atoms with E-state index in [2.05, 4.69) is 26.1 Å². The van der Waals surface area contributed by atoms with Crippen molar-refractivity contribution in [2.24, 2.45) is 5.10 Å². The maximum absolute atomic E-state index is 11.5. The molecule has 0 atom stereocenters. The molecule has 2 rings (SSSR count). The molecular weight excluding hydrogens is 234 g/mol. The van der Waals surface area contributed by atoms with Crippen molar-refractivity contribution in [1.82, 2.24) is 25.6 Å². The van der Waals surface area contributed by atoms with Crippen molar-refractivity contribution >= 4 is 18.1 Å². The largest absolute Gasteiger partial charge is 0.367 e. The molecule has 0 spiro atoms. The van der Waals surface area contributed by atoms with Gasteiger partial charge < -0.3 is 5.73 Å². The molecule has 92 valence electrons. The topological polar surface area (TPSA) is 111 Å². The Bertz CT molecular complexity index is 548. The Labute approximate surface area is 102 Å². The van der Waals surface area contributed by atoms with Crippen molar-refractivity contribution < 1.29 is 4.79 Å². The van der Waals surface area contributed by atoms with Crippen LogP contribution in [0, 0.1) is 0 Å². The van der Waals surface area contributed by atoms with E-state index in [-0.39, 0.29) is 18.4 Å². The number of aromatic nitrogens is 4. The van der Waals surface area contributed by atoms with Crippen LogP contribution in [0.5, 0.6) is 0 Å². The Balaban J connectivity index is 1.86. The van der Waals surface area contributed by atoms with Crippen LogP contribution in [0.4, 0.5) is 5.95 Å². The average Bonchev–Trinajstić information content (AvgIpc) is 2.76. The van der Waals surface area contributed by atoms with Gasteiger partial charge in [-0.3, -0.25) is 4.79 Å². The molecule has 0 aliphatic heterocycles. The van der Waals surface area contributed by atoms with Crippen LogP contribution in [0.15, 0.2) is 35.4 Å². The second kappa shape index (κ2) is 5.53. The van der Waals surface area contributed by atoms with Crippen LogP contribution in [-0.2, 0) is 11.3 Å². The monoisotopic (exact) mass is 245 g/mol. The lowest BCUT2D eigenvalue weighted by Gasteiger charge is -1.99.